The maximum atomic E-state index is 12.4. The highest BCUT2D eigenvalue weighted by Gasteiger charge is 2.31. The van der Waals surface area contributed by atoms with Gasteiger partial charge in [-0.15, -0.1) is 0 Å². The van der Waals surface area contributed by atoms with Gasteiger partial charge >= 0.3 is 0 Å². The van der Waals surface area contributed by atoms with Crippen molar-refractivity contribution in [1.82, 2.24) is 10.2 Å². The highest BCUT2D eigenvalue weighted by atomic mass is 79.9. The predicted octanol–water partition coefficient (Wildman–Crippen LogP) is 3.94. The first kappa shape index (κ1) is 19.5. The molecule has 8 heteroatoms. The van der Waals surface area contributed by atoms with Crippen LogP contribution in [0.4, 0.5) is 0 Å². The smallest absolute Gasteiger partial charge is 0.265 e. The van der Waals surface area contributed by atoms with Crippen molar-refractivity contribution < 1.29 is 14.3 Å². The third-order valence-corrected chi connectivity index (χ3v) is 5.16. The summed E-state index contributed by atoms with van der Waals surface area (Å²) in [4.78, 5) is 25.8. The lowest BCUT2D eigenvalue weighted by Gasteiger charge is -2.25. The molecule has 1 fully saturated rings. The highest BCUT2D eigenvalue weighted by molar-refractivity contribution is 9.10. The summed E-state index contributed by atoms with van der Waals surface area (Å²) in [7, 11) is 1.51. The fraction of sp³-hybridized carbons (Fsp3) is 0.105. The number of carbonyl (C=O) groups is 2. The predicted molar refractivity (Wildman–Crippen MR) is 111 cm³/mol. The van der Waals surface area contributed by atoms with E-state index in [1.165, 1.54) is 18.0 Å². The van der Waals surface area contributed by atoms with Crippen LogP contribution in [-0.4, -0.2) is 28.9 Å². The number of rotatable bonds is 4. The van der Waals surface area contributed by atoms with Crippen molar-refractivity contribution in [2.45, 2.75) is 6.61 Å². The number of carbonyl (C=O) groups excluding carboxylic acids is 2. The van der Waals surface area contributed by atoms with E-state index >= 15 is 0 Å². The van der Waals surface area contributed by atoms with Crippen LogP contribution in [0.1, 0.15) is 11.1 Å². The SMILES string of the molecule is CN1C(=O)/C(=C/c2cc(Br)ccc2OCc2ccccc2Cl)C(=O)NC1=S. The summed E-state index contributed by atoms with van der Waals surface area (Å²) >= 11 is 14.5. The quantitative estimate of drug-likeness (QED) is 0.422. The van der Waals surface area contributed by atoms with E-state index in [0.717, 1.165) is 10.0 Å². The van der Waals surface area contributed by atoms with E-state index in [-0.39, 0.29) is 17.3 Å². The minimum atomic E-state index is -0.542. The zero-order valence-corrected chi connectivity index (χ0v) is 17.3. The molecule has 0 unspecified atom stereocenters. The second kappa shape index (κ2) is 8.21. The van der Waals surface area contributed by atoms with Gasteiger partial charge in [0.1, 0.15) is 17.9 Å². The summed E-state index contributed by atoms with van der Waals surface area (Å²) in [5.41, 5.74) is 1.39. The fourth-order valence-electron chi connectivity index (χ4n) is 2.44. The number of thiocarbonyl (C=S) groups is 1. The Morgan fingerprint density at radius 2 is 2.00 bits per heavy atom. The van der Waals surface area contributed by atoms with Crippen LogP contribution in [0, 0.1) is 0 Å². The number of nitrogens with zero attached hydrogens (tertiary/aromatic N) is 1. The van der Waals surface area contributed by atoms with Crippen molar-refractivity contribution in [3.05, 3.63) is 68.7 Å². The van der Waals surface area contributed by atoms with Gasteiger partial charge in [0.05, 0.1) is 0 Å². The Kier molecular flexibility index (Phi) is 5.94. The first-order valence-corrected chi connectivity index (χ1v) is 9.45. The maximum Gasteiger partial charge on any atom is 0.265 e. The third-order valence-electron chi connectivity index (χ3n) is 3.92. The van der Waals surface area contributed by atoms with Crippen LogP contribution in [0.15, 0.2) is 52.5 Å². The van der Waals surface area contributed by atoms with E-state index in [0.29, 0.717) is 16.3 Å². The molecule has 0 aromatic heterocycles. The highest BCUT2D eigenvalue weighted by Crippen LogP contribution is 2.28. The van der Waals surface area contributed by atoms with Crippen LogP contribution in [-0.2, 0) is 16.2 Å². The number of hydrogen-bond donors (Lipinski definition) is 1. The van der Waals surface area contributed by atoms with E-state index in [1.807, 2.05) is 24.3 Å². The van der Waals surface area contributed by atoms with Crippen molar-refractivity contribution in [2.75, 3.05) is 7.05 Å². The van der Waals surface area contributed by atoms with Crippen molar-refractivity contribution in [1.29, 1.82) is 0 Å². The topological polar surface area (TPSA) is 58.6 Å². The molecule has 2 amide bonds. The molecule has 1 saturated heterocycles. The van der Waals surface area contributed by atoms with Gasteiger partial charge in [0, 0.05) is 27.7 Å². The van der Waals surface area contributed by atoms with Gasteiger partial charge in [-0.2, -0.15) is 0 Å². The van der Waals surface area contributed by atoms with Crippen molar-refractivity contribution in [2.24, 2.45) is 0 Å². The van der Waals surface area contributed by atoms with Gasteiger partial charge < -0.3 is 4.74 Å². The summed E-state index contributed by atoms with van der Waals surface area (Å²) in [5.74, 6) is -0.497. The summed E-state index contributed by atoms with van der Waals surface area (Å²) in [6, 6.07) is 12.7. The second-order valence-corrected chi connectivity index (χ2v) is 7.45. The molecule has 1 heterocycles. The van der Waals surface area contributed by atoms with Gasteiger partial charge in [-0.25, -0.2) is 0 Å². The molecule has 5 nitrogen and oxygen atoms in total. The maximum absolute atomic E-state index is 12.4. The minimum absolute atomic E-state index is 0.0215. The van der Waals surface area contributed by atoms with Crippen molar-refractivity contribution in [3.8, 4) is 5.75 Å². The molecule has 0 saturated carbocycles. The molecule has 0 bridgehead atoms. The van der Waals surface area contributed by atoms with Gasteiger partial charge in [0.25, 0.3) is 11.8 Å². The molecule has 1 N–H and O–H groups in total. The number of nitrogens with one attached hydrogen (secondary N) is 1. The first-order valence-electron chi connectivity index (χ1n) is 7.87. The van der Waals surface area contributed by atoms with Crippen LogP contribution >= 0.6 is 39.7 Å². The van der Waals surface area contributed by atoms with Crippen LogP contribution < -0.4 is 10.1 Å². The van der Waals surface area contributed by atoms with Gasteiger partial charge in [-0.05, 0) is 42.6 Å². The zero-order chi connectivity index (χ0) is 19.6. The number of ether oxygens (including phenoxy) is 1. The number of halogens is 2. The van der Waals surface area contributed by atoms with E-state index in [4.69, 9.17) is 28.6 Å². The Morgan fingerprint density at radius 1 is 1.26 bits per heavy atom. The molecule has 0 aliphatic carbocycles. The minimum Gasteiger partial charge on any atom is -0.488 e. The molecule has 2 aromatic rings. The van der Waals surface area contributed by atoms with Gasteiger partial charge in [0.2, 0.25) is 0 Å². The average molecular weight is 466 g/mol. The summed E-state index contributed by atoms with van der Waals surface area (Å²) in [6.07, 6.45) is 1.49. The van der Waals surface area contributed by atoms with Crippen LogP contribution in [0.25, 0.3) is 6.08 Å². The lowest BCUT2D eigenvalue weighted by molar-refractivity contribution is -0.128. The summed E-state index contributed by atoms with van der Waals surface area (Å²) in [6.45, 7) is 0.252. The average Bonchev–Trinajstić information content (AvgIpc) is 2.64. The van der Waals surface area contributed by atoms with E-state index in [1.54, 1.807) is 18.2 Å². The fourth-order valence-corrected chi connectivity index (χ4v) is 3.18. The van der Waals surface area contributed by atoms with Gasteiger partial charge in [-0.3, -0.25) is 19.8 Å². The van der Waals surface area contributed by atoms with Crippen molar-refractivity contribution in [3.63, 3.8) is 0 Å². The molecule has 1 aliphatic heterocycles. The molecule has 0 atom stereocenters. The Hall–Kier alpha value is -2.22. The number of hydrogen-bond acceptors (Lipinski definition) is 4. The molecule has 27 heavy (non-hydrogen) atoms. The molecular weight excluding hydrogens is 452 g/mol. The zero-order valence-electron chi connectivity index (χ0n) is 14.2. The summed E-state index contributed by atoms with van der Waals surface area (Å²) < 4.78 is 6.67. The molecule has 3 rings (SSSR count). The number of likely N-dealkylation sites (N-methyl/N-ethyl adjacent to an activating group) is 1. The lowest BCUT2D eigenvalue weighted by Crippen LogP contribution is -2.52. The Bertz CT molecular complexity index is 977. The summed E-state index contributed by atoms with van der Waals surface area (Å²) in [5, 5.41) is 3.17. The molecule has 1 aliphatic rings. The van der Waals surface area contributed by atoms with Crippen molar-refractivity contribution >= 4 is 62.8 Å². The van der Waals surface area contributed by atoms with Gasteiger partial charge in [0.15, 0.2) is 5.11 Å². The Morgan fingerprint density at radius 3 is 2.74 bits per heavy atom. The lowest BCUT2D eigenvalue weighted by atomic mass is 10.1. The third kappa shape index (κ3) is 4.37. The molecule has 2 aromatic carbocycles. The number of amides is 2. The monoisotopic (exact) mass is 464 g/mol. The van der Waals surface area contributed by atoms with E-state index < -0.39 is 11.8 Å². The molecule has 138 valence electrons. The van der Waals surface area contributed by atoms with E-state index in [2.05, 4.69) is 21.2 Å². The normalized spacial score (nSPS) is 15.9. The largest absolute Gasteiger partial charge is 0.488 e. The van der Waals surface area contributed by atoms with Crippen LogP contribution in [0.2, 0.25) is 5.02 Å². The molecule has 0 radical (unpaired) electrons. The standard InChI is InChI=1S/C19H14BrClN2O3S/c1-23-18(25)14(17(24)22-19(23)27)9-12-8-13(20)6-7-16(12)26-10-11-4-2-3-5-15(11)21/h2-9H,10H2,1H3,(H,22,24,27)/b14-9+. The molecular formula is C19H14BrClN2O3S. The van der Waals surface area contributed by atoms with Crippen LogP contribution in [0.3, 0.4) is 0 Å². The Balaban J connectivity index is 1.92. The Labute approximate surface area is 175 Å². The van der Waals surface area contributed by atoms with Gasteiger partial charge in [-0.1, -0.05) is 45.7 Å². The van der Waals surface area contributed by atoms with Crippen LogP contribution in [0.5, 0.6) is 5.75 Å². The first-order chi connectivity index (χ1) is 12.9. The molecule has 0 spiro atoms. The number of benzene rings is 2. The second-order valence-electron chi connectivity index (χ2n) is 5.74. The van der Waals surface area contributed by atoms with E-state index in [9.17, 15) is 9.59 Å².